The van der Waals surface area contributed by atoms with Crippen LogP contribution in [0.15, 0.2) is 66.7 Å². The highest BCUT2D eigenvalue weighted by Gasteiger charge is 2.07. The molecule has 3 aromatic carbocycles. The number of nitro groups is 1. The summed E-state index contributed by atoms with van der Waals surface area (Å²) in [5, 5.41) is 28.7. The second-order valence-electron chi connectivity index (χ2n) is 5.36. The molecule has 0 aliphatic carbocycles. The second-order valence-corrected chi connectivity index (χ2v) is 5.36. The first-order valence-corrected chi connectivity index (χ1v) is 7.73. The maximum atomic E-state index is 10.7. The van der Waals surface area contributed by atoms with E-state index in [9.17, 15) is 10.1 Å². The van der Waals surface area contributed by atoms with Gasteiger partial charge in [0, 0.05) is 18.2 Å². The molecule has 0 aliphatic rings. The molecule has 3 rings (SSSR count). The van der Waals surface area contributed by atoms with Crippen LogP contribution in [0.1, 0.15) is 11.1 Å². The standard InChI is InChI=1S/C20H11N3O4/c21-12-14-4-7-20(10-15(14)13-22)27-19-3-1-2-18(11-19)26-17-8-5-16(6-9-17)23(24)25/h1-11H. The first-order chi connectivity index (χ1) is 13.1. The molecule has 0 amide bonds. The maximum Gasteiger partial charge on any atom is 0.269 e. The molecule has 27 heavy (non-hydrogen) atoms. The van der Waals surface area contributed by atoms with E-state index in [1.807, 2.05) is 12.1 Å². The van der Waals surface area contributed by atoms with E-state index in [1.54, 1.807) is 30.3 Å². The smallest absolute Gasteiger partial charge is 0.269 e. The van der Waals surface area contributed by atoms with Crippen LogP contribution in [-0.4, -0.2) is 4.92 Å². The topological polar surface area (TPSA) is 109 Å². The van der Waals surface area contributed by atoms with E-state index in [2.05, 4.69) is 0 Å². The van der Waals surface area contributed by atoms with Gasteiger partial charge in [-0.1, -0.05) is 6.07 Å². The number of hydrogen-bond acceptors (Lipinski definition) is 6. The second kappa shape index (κ2) is 7.68. The third kappa shape index (κ3) is 4.19. The Kier molecular flexibility index (Phi) is 4.97. The molecule has 0 aliphatic heterocycles. The number of benzene rings is 3. The van der Waals surface area contributed by atoms with Gasteiger partial charge in [-0.15, -0.1) is 0 Å². The molecule has 7 heteroatoms. The van der Waals surface area contributed by atoms with Gasteiger partial charge in [-0.3, -0.25) is 10.1 Å². The Morgan fingerprint density at radius 2 is 1.30 bits per heavy atom. The number of hydrogen-bond donors (Lipinski definition) is 0. The molecule has 0 atom stereocenters. The first-order valence-electron chi connectivity index (χ1n) is 7.73. The summed E-state index contributed by atoms with van der Waals surface area (Å²) in [6, 6.07) is 21.0. The van der Waals surface area contributed by atoms with Crippen molar-refractivity contribution >= 4 is 5.69 Å². The van der Waals surface area contributed by atoms with Gasteiger partial charge in [-0.05, 0) is 42.5 Å². The van der Waals surface area contributed by atoms with Crippen LogP contribution in [0.4, 0.5) is 5.69 Å². The minimum absolute atomic E-state index is 0.0199. The van der Waals surface area contributed by atoms with Crippen LogP contribution in [0.25, 0.3) is 0 Å². The van der Waals surface area contributed by atoms with Gasteiger partial charge in [0.2, 0.25) is 0 Å². The molecule has 0 fully saturated rings. The molecule has 0 bridgehead atoms. The van der Waals surface area contributed by atoms with Crippen LogP contribution in [0.5, 0.6) is 23.0 Å². The predicted octanol–water partition coefficient (Wildman–Crippen LogP) is 4.92. The zero-order valence-corrected chi connectivity index (χ0v) is 13.8. The zero-order chi connectivity index (χ0) is 19.2. The molecule has 3 aromatic rings. The van der Waals surface area contributed by atoms with Crippen molar-refractivity contribution < 1.29 is 14.4 Å². The van der Waals surface area contributed by atoms with Gasteiger partial charge in [-0.2, -0.15) is 10.5 Å². The summed E-state index contributed by atoms with van der Waals surface area (Å²) < 4.78 is 11.4. The van der Waals surface area contributed by atoms with Gasteiger partial charge in [0.15, 0.2) is 0 Å². The van der Waals surface area contributed by atoms with Crippen LogP contribution >= 0.6 is 0 Å². The summed E-state index contributed by atoms with van der Waals surface area (Å²) in [6.45, 7) is 0. The van der Waals surface area contributed by atoms with Crippen molar-refractivity contribution in [3.63, 3.8) is 0 Å². The van der Waals surface area contributed by atoms with Crippen molar-refractivity contribution in [2.75, 3.05) is 0 Å². The number of nitriles is 2. The molecule has 0 unspecified atom stereocenters. The summed E-state index contributed by atoms with van der Waals surface area (Å²) in [5.41, 5.74) is 0.488. The Bertz CT molecular complexity index is 1080. The lowest BCUT2D eigenvalue weighted by molar-refractivity contribution is -0.384. The summed E-state index contributed by atoms with van der Waals surface area (Å²) in [7, 11) is 0. The van der Waals surface area contributed by atoms with Gasteiger partial charge in [0.05, 0.1) is 16.1 Å². The lowest BCUT2D eigenvalue weighted by Gasteiger charge is -2.09. The zero-order valence-electron chi connectivity index (χ0n) is 13.8. The molecular weight excluding hydrogens is 346 g/mol. The summed E-state index contributed by atoms with van der Waals surface area (Å²) in [6.07, 6.45) is 0. The Balaban J connectivity index is 1.77. The van der Waals surface area contributed by atoms with Gasteiger partial charge >= 0.3 is 0 Å². The maximum absolute atomic E-state index is 10.7. The molecule has 0 saturated carbocycles. The average Bonchev–Trinajstić information content (AvgIpc) is 2.68. The molecular formula is C20H11N3O4. The van der Waals surface area contributed by atoms with Crippen molar-refractivity contribution in [2.45, 2.75) is 0 Å². The monoisotopic (exact) mass is 357 g/mol. The Morgan fingerprint density at radius 1 is 0.741 bits per heavy atom. The minimum Gasteiger partial charge on any atom is -0.457 e. The largest absolute Gasteiger partial charge is 0.457 e. The van der Waals surface area contributed by atoms with Gasteiger partial charge in [-0.25, -0.2) is 0 Å². The van der Waals surface area contributed by atoms with Crippen molar-refractivity contribution in [3.8, 4) is 35.1 Å². The molecule has 0 saturated heterocycles. The predicted molar refractivity (Wildman–Crippen MR) is 95.6 cm³/mol. The highest BCUT2D eigenvalue weighted by molar-refractivity contribution is 5.50. The molecule has 0 aromatic heterocycles. The number of non-ortho nitro benzene ring substituents is 1. The van der Waals surface area contributed by atoms with Crippen LogP contribution in [0.3, 0.4) is 0 Å². The van der Waals surface area contributed by atoms with Gasteiger partial charge < -0.3 is 9.47 Å². The highest BCUT2D eigenvalue weighted by Crippen LogP contribution is 2.29. The molecule has 0 radical (unpaired) electrons. The summed E-state index contributed by atoms with van der Waals surface area (Å²) >= 11 is 0. The first kappa shape index (κ1) is 17.5. The normalized spacial score (nSPS) is 9.70. The lowest BCUT2D eigenvalue weighted by Crippen LogP contribution is -1.90. The van der Waals surface area contributed by atoms with Crippen molar-refractivity contribution in [1.29, 1.82) is 10.5 Å². The van der Waals surface area contributed by atoms with Gasteiger partial charge in [0.1, 0.15) is 35.1 Å². The molecule has 7 nitrogen and oxygen atoms in total. The van der Waals surface area contributed by atoms with E-state index in [1.165, 1.54) is 36.4 Å². The molecule has 0 spiro atoms. The Hall–Kier alpha value is -4.36. The molecule has 0 heterocycles. The fourth-order valence-corrected chi connectivity index (χ4v) is 2.29. The van der Waals surface area contributed by atoms with Crippen molar-refractivity contribution in [3.05, 3.63) is 88.0 Å². The van der Waals surface area contributed by atoms with E-state index >= 15 is 0 Å². The van der Waals surface area contributed by atoms with E-state index in [-0.39, 0.29) is 16.8 Å². The Labute approximate surface area is 154 Å². The van der Waals surface area contributed by atoms with Crippen LogP contribution in [-0.2, 0) is 0 Å². The van der Waals surface area contributed by atoms with Gasteiger partial charge in [0.25, 0.3) is 5.69 Å². The van der Waals surface area contributed by atoms with Crippen LogP contribution in [0.2, 0.25) is 0 Å². The minimum atomic E-state index is -0.481. The third-order valence-corrected chi connectivity index (χ3v) is 3.56. The fourth-order valence-electron chi connectivity index (χ4n) is 2.29. The van der Waals surface area contributed by atoms with E-state index in [0.717, 1.165) is 0 Å². The third-order valence-electron chi connectivity index (χ3n) is 3.56. The number of nitrogens with zero attached hydrogens (tertiary/aromatic N) is 3. The van der Waals surface area contributed by atoms with Crippen LogP contribution in [0, 0.1) is 32.8 Å². The SMILES string of the molecule is N#Cc1ccc(Oc2cccc(Oc3ccc([N+](=O)[O-])cc3)c2)cc1C#N. The van der Waals surface area contributed by atoms with E-state index in [0.29, 0.717) is 23.0 Å². The number of rotatable bonds is 5. The molecule has 0 N–H and O–H groups in total. The quantitative estimate of drug-likeness (QED) is 0.473. The van der Waals surface area contributed by atoms with E-state index in [4.69, 9.17) is 20.0 Å². The summed E-state index contributed by atoms with van der Waals surface area (Å²) in [5.74, 6) is 1.82. The van der Waals surface area contributed by atoms with Crippen molar-refractivity contribution in [2.24, 2.45) is 0 Å². The number of nitro benzene ring substituents is 1. The van der Waals surface area contributed by atoms with Crippen molar-refractivity contribution in [1.82, 2.24) is 0 Å². The average molecular weight is 357 g/mol. The number of ether oxygens (including phenoxy) is 2. The van der Waals surface area contributed by atoms with Crippen LogP contribution < -0.4 is 9.47 Å². The molecule has 130 valence electrons. The highest BCUT2D eigenvalue weighted by atomic mass is 16.6. The Morgan fingerprint density at radius 3 is 1.89 bits per heavy atom. The lowest BCUT2D eigenvalue weighted by atomic mass is 10.1. The summed E-state index contributed by atoms with van der Waals surface area (Å²) in [4.78, 5) is 10.2. The fraction of sp³-hybridized carbons (Fsp3) is 0. The van der Waals surface area contributed by atoms with E-state index < -0.39 is 4.92 Å².